The minimum absolute atomic E-state index is 0.0154. The van der Waals surface area contributed by atoms with Gasteiger partial charge in [-0.15, -0.1) is 0 Å². The zero-order valence-corrected chi connectivity index (χ0v) is 17.5. The number of ketones is 1. The number of nitrogens with zero attached hydrogens (tertiary/aromatic N) is 1. The second-order valence-corrected chi connectivity index (χ2v) is 7.57. The van der Waals surface area contributed by atoms with E-state index in [2.05, 4.69) is 0 Å². The third kappa shape index (κ3) is 5.43. The summed E-state index contributed by atoms with van der Waals surface area (Å²) >= 11 is 0. The Kier molecular flexibility index (Phi) is 7.44. The normalized spacial score (nSPS) is 16.2. The smallest absolute Gasteiger partial charge is 0.303 e. The topological polar surface area (TPSA) is 115 Å². The lowest BCUT2D eigenvalue weighted by molar-refractivity contribution is -0.137. The van der Waals surface area contributed by atoms with E-state index in [1.54, 1.807) is 18.2 Å². The molecule has 1 amide bonds. The number of allylic oxidation sites excluding steroid dienone is 1. The predicted octanol–water partition coefficient (Wildman–Crippen LogP) is 4.02. The van der Waals surface area contributed by atoms with Crippen LogP contribution in [0.4, 0.5) is 0 Å². The molecule has 1 aliphatic heterocycles. The lowest BCUT2D eigenvalue weighted by atomic mass is 9.95. The lowest BCUT2D eigenvalue weighted by Crippen LogP contribution is -2.32. The molecule has 2 aromatic carbocycles. The Morgan fingerprint density at radius 2 is 1.62 bits per heavy atom. The molecule has 2 aromatic rings. The summed E-state index contributed by atoms with van der Waals surface area (Å²) in [5.41, 5.74) is 1.38. The predicted molar refractivity (Wildman–Crippen MR) is 119 cm³/mol. The van der Waals surface area contributed by atoms with Gasteiger partial charge in [0.2, 0.25) is 0 Å². The van der Waals surface area contributed by atoms with Gasteiger partial charge in [-0.05, 0) is 42.2 Å². The first-order valence-corrected chi connectivity index (χ1v) is 10.4. The molecule has 0 aliphatic carbocycles. The maximum atomic E-state index is 13.0. The Morgan fingerprint density at radius 3 is 2.28 bits per heavy atom. The number of unbranched alkanes of at least 4 members (excludes halogenated alkanes) is 2. The summed E-state index contributed by atoms with van der Waals surface area (Å²) < 4.78 is 0. The molecule has 3 rings (SSSR count). The van der Waals surface area contributed by atoms with Crippen LogP contribution >= 0.6 is 0 Å². The number of phenols is 1. The molecule has 0 fully saturated rings. The number of hydrogen-bond donors (Lipinski definition) is 3. The zero-order valence-electron chi connectivity index (χ0n) is 17.5. The van der Waals surface area contributed by atoms with E-state index in [0.29, 0.717) is 24.8 Å². The number of carboxylic acids is 1. The summed E-state index contributed by atoms with van der Waals surface area (Å²) in [6.45, 7) is 0.257. The van der Waals surface area contributed by atoms with Gasteiger partial charge < -0.3 is 20.2 Å². The lowest BCUT2D eigenvalue weighted by Gasteiger charge is -2.26. The third-order valence-electron chi connectivity index (χ3n) is 5.29. The summed E-state index contributed by atoms with van der Waals surface area (Å²) in [5, 5.41) is 29.0. The molecular weight excluding hydrogens is 410 g/mol. The van der Waals surface area contributed by atoms with Gasteiger partial charge in [-0.1, -0.05) is 55.0 Å². The van der Waals surface area contributed by atoms with Gasteiger partial charge in [-0.2, -0.15) is 0 Å². The Labute approximate surface area is 185 Å². The van der Waals surface area contributed by atoms with Crippen LogP contribution in [-0.2, 0) is 14.4 Å². The van der Waals surface area contributed by atoms with Crippen molar-refractivity contribution in [2.24, 2.45) is 0 Å². The van der Waals surface area contributed by atoms with Gasteiger partial charge in [0.05, 0.1) is 11.6 Å². The van der Waals surface area contributed by atoms with Crippen LogP contribution < -0.4 is 0 Å². The van der Waals surface area contributed by atoms with Crippen LogP contribution in [0.5, 0.6) is 5.75 Å². The van der Waals surface area contributed by atoms with Crippen LogP contribution in [0.25, 0.3) is 6.08 Å². The highest BCUT2D eigenvalue weighted by atomic mass is 16.4. The van der Waals surface area contributed by atoms with Crippen molar-refractivity contribution < 1.29 is 29.7 Å². The number of aliphatic hydroxyl groups excluding tert-OH is 1. The quantitative estimate of drug-likeness (QED) is 0.384. The summed E-state index contributed by atoms with van der Waals surface area (Å²) in [7, 11) is 0. The molecule has 0 bridgehead atoms. The van der Waals surface area contributed by atoms with E-state index < -0.39 is 29.5 Å². The van der Waals surface area contributed by atoms with Crippen LogP contribution in [0.3, 0.4) is 0 Å². The molecule has 1 aliphatic rings. The number of aliphatic carboxylic acids is 1. The number of phenolic OH excluding ortho intramolecular Hbond substituents is 1. The number of hydrogen-bond acceptors (Lipinski definition) is 5. The molecule has 32 heavy (non-hydrogen) atoms. The molecule has 1 atom stereocenters. The Bertz CT molecular complexity index is 1040. The second kappa shape index (κ2) is 10.4. The number of amides is 1. The molecule has 3 N–H and O–H groups in total. The number of rotatable bonds is 10. The molecule has 0 spiro atoms. The van der Waals surface area contributed by atoms with E-state index in [4.69, 9.17) is 5.11 Å². The van der Waals surface area contributed by atoms with Crippen molar-refractivity contribution in [2.75, 3.05) is 6.54 Å². The standard InChI is InChI=1S/C25H25NO6/c27-19-13-11-18(12-14-19)23-22(20(28)15-10-17-7-3-1-4-8-17)24(31)25(32)26(23)16-6-2-5-9-21(29)30/h1,3-4,7-8,10-15,23,27,31H,2,5-6,9,16H2,(H,29,30)/b15-10+. The average molecular weight is 435 g/mol. The van der Waals surface area contributed by atoms with Crippen molar-refractivity contribution in [2.45, 2.75) is 31.7 Å². The van der Waals surface area contributed by atoms with Gasteiger partial charge in [-0.3, -0.25) is 14.4 Å². The molecule has 0 saturated carbocycles. The minimum Gasteiger partial charge on any atom is -0.508 e. The summed E-state index contributed by atoms with van der Waals surface area (Å²) in [6, 6.07) is 14.5. The number of aliphatic hydroxyl groups is 1. The average Bonchev–Trinajstić information content (AvgIpc) is 3.03. The van der Waals surface area contributed by atoms with Crippen molar-refractivity contribution in [3.05, 3.63) is 83.1 Å². The fourth-order valence-electron chi connectivity index (χ4n) is 3.70. The maximum absolute atomic E-state index is 13.0. The van der Waals surface area contributed by atoms with Crippen molar-refractivity contribution in [3.63, 3.8) is 0 Å². The van der Waals surface area contributed by atoms with Crippen molar-refractivity contribution in [3.8, 4) is 5.75 Å². The highest BCUT2D eigenvalue weighted by molar-refractivity contribution is 6.14. The number of benzene rings is 2. The fourth-order valence-corrected chi connectivity index (χ4v) is 3.70. The van der Waals surface area contributed by atoms with Crippen LogP contribution in [0.15, 0.2) is 72.0 Å². The molecule has 7 nitrogen and oxygen atoms in total. The van der Waals surface area contributed by atoms with E-state index >= 15 is 0 Å². The first kappa shape index (κ1) is 22.8. The van der Waals surface area contributed by atoms with Crippen molar-refractivity contribution >= 4 is 23.7 Å². The molecule has 166 valence electrons. The Hall–Kier alpha value is -3.87. The second-order valence-electron chi connectivity index (χ2n) is 7.57. The summed E-state index contributed by atoms with van der Waals surface area (Å²) in [6.07, 6.45) is 4.60. The maximum Gasteiger partial charge on any atom is 0.303 e. The molecule has 0 radical (unpaired) electrons. The molecule has 1 heterocycles. The van der Waals surface area contributed by atoms with Gasteiger partial charge in [0, 0.05) is 13.0 Å². The van der Waals surface area contributed by atoms with Gasteiger partial charge >= 0.3 is 5.97 Å². The first-order valence-electron chi connectivity index (χ1n) is 10.4. The number of aromatic hydroxyl groups is 1. The molecule has 1 unspecified atom stereocenters. The van der Waals surface area contributed by atoms with Crippen molar-refractivity contribution in [1.29, 1.82) is 0 Å². The number of carboxylic acid groups (broad SMARTS) is 1. The van der Waals surface area contributed by atoms with Gasteiger partial charge in [0.1, 0.15) is 5.75 Å². The van der Waals surface area contributed by atoms with Crippen molar-refractivity contribution in [1.82, 2.24) is 4.90 Å². The number of carbonyl (C=O) groups excluding carboxylic acids is 2. The van der Waals surface area contributed by atoms with E-state index in [1.165, 1.54) is 23.1 Å². The van der Waals surface area contributed by atoms with E-state index in [9.17, 15) is 24.6 Å². The SMILES string of the molecule is O=C(O)CCCCCN1C(=O)C(O)=C(C(=O)/C=C/c2ccccc2)C1c1ccc(O)cc1. The fraction of sp³-hybridized carbons (Fsp3) is 0.240. The molecule has 0 aromatic heterocycles. The summed E-state index contributed by atoms with van der Waals surface area (Å²) in [4.78, 5) is 38.0. The third-order valence-corrected chi connectivity index (χ3v) is 5.29. The van der Waals surface area contributed by atoms with Crippen LogP contribution in [0.1, 0.15) is 42.9 Å². The summed E-state index contributed by atoms with van der Waals surface area (Å²) in [5.74, 6) is -2.54. The monoisotopic (exact) mass is 435 g/mol. The minimum atomic E-state index is -0.874. The molecule has 7 heteroatoms. The highest BCUT2D eigenvalue weighted by Gasteiger charge is 2.42. The number of carbonyl (C=O) groups is 3. The highest BCUT2D eigenvalue weighted by Crippen LogP contribution is 2.38. The molecular formula is C25H25NO6. The van der Waals surface area contributed by atoms with Crippen LogP contribution in [0.2, 0.25) is 0 Å². The van der Waals surface area contributed by atoms with E-state index in [-0.39, 0.29) is 24.3 Å². The van der Waals surface area contributed by atoms with Gasteiger partial charge in [0.15, 0.2) is 11.5 Å². The Balaban J connectivity index is 1.85. The zero-order chi connectivity index (χ0) is 23.1. The van der Waals surface area contributed by atoms with E-state index in [0.717, 1.165) is 5.56 Å². The van der Waals surface area contributed by atoms with Crippen LogP contribution in [0, 0.1) is 0 Å². The van der Waals surface area contributed by atoms with Crippen LogP contribution in [-0.4, -0.2) is 44.4 Å². The van der Waals surface area contributed by atoms with Gasteiger partial charge in [0.25, 0.3) is 5.91 Å². The molecule has 0 saturated heterocycles. The van der Waals surface area contributed by atoms with Gasteiger partial charge in [-0.25, -0.2) is 0 Å². The largest absolute Gasteiger partial charge is 0.508 e. The Morgan fingerprint density at radius 1 is 0.938 bits per heavy atom. The van der Waals surface area contributed by atoms with E-state index in [1.807, 2.05) is 30.3 Å². The first-order chi connectivity index (χ1) is 15.4.